The first-order valence-corrected chi connectivity index (χ1v) is 7.70. The molecule has 0 bridgehead atoms. The lowest BCUT2D eigenvalue weighted by Crippen LogP contribution is -2.34. The van der Waals surface area contributed by atoms with Gasteiger partial charge in [0.15, 0.2) is 12.4 Å². The number of rotatable bonds is 7. The van der Waals surface area contributed by atoms with Crippen molar-refractivity contribution in [2.75, 3.05) is 13.2 Å². The molecular formula is C18H20N2O4. The van der Waals surface area contributed by atoms with Crippen molar-refractivity contribution in [2.45, 2.75) is 20.4 Å². The van der Waals surface area contributed by atoms with Crippen LogP contribution in [-0.2, 0) is 11.3 Å². The normalized spacial score (nSPS) is 10.2. The van der Waals surface area contributed by atoms with Gasteiger partial charge in [0, 0.05) is 19.2 Å². The van der Waals surface area contributed by atoms with Crippen LogP contribution in [0.1, 0.15) is 18.1 Å². The summed E-state index contributed by atoms with van der Waals surface area (Å²) in [5.41, 5.74) is 1.66. The van der Waals surface area contributed by atoms with Gasteiger partial charge in [0.05, 0.1) is 4.92 Å². The van der Waals surface area contributed by atoms with Crippen LogP contribution in [0.4, 0.5) is 5.69 Å². The van der Waals surface area contributed by atoms with Gasteiger partial charge in [0.1, 0.15) is 0 Å². The maximum atomic E-state index is 12.3. The van der Waals surface area contributed by atoms with E-state index in [0.717, 1.165) is 11.1 Å². The molecule has 0 radical (unpaired) electrons. The first kappa shape index (κ1) is 17.5. The molecule has 0 unspecified atom stereocenters. The highest BCUT2D eigenvalue weighted by atomic mass is 16.6. The van der Waals surface area contributed by atoms with Crippen LogP contribution >= 0.6 is 0 Å². The molecule has 0 heterocycles. The molecule has 2 rings (SSSR count). The van der Waals surface area contributed by atoms with Crippen molar-refractivity contribution in [1.82, 2.24) is 4.90 Å². The van der Waals surface area contributed by atoms with E-state index in [-0.39, 0.29) is 24.0 Å². The number of nitrogens with zero attached hydrogens (tertiary/aromatic N) is 2. The second kappa shape index (κ2) is 8.10. The fraction of sp³-hybridized carbons (Fsp3) is 0.278. The zero-order chi connectivity index (χ0) is 17.5. The summed E-state index contributed by atoms with van der Waals surface area (Å²) < 4.78 is 5.40. The first-order valence-electron chi connectivity index (χ1n) is 7.70. The lowest BCUT2D eigenvalue weighted by Gasteiger charge is -2.21. The molecule has 6 heteroatoms. The maximum absolute atomic E-state index is 12.3. The van der Waals surface area contributed by atoms with Crippen LogP contribution in [0.2, 0.25) is 0 Å². The molecule has 2 aromatic carbocycles. The molecule has 126 valence electrons. The predicted octanol–water partition coefficient (Wildman–Crippen LogP) is 3.33. The quantitative estimate of drug-likeness (QED) is 0.577. The van der Waals surface area contributed by atoms with E-state index in [2.05, 4.69) is 0 Å². The molecule has 0 atom stereocenters. The summed E-state index contributed by atoms with van der Waals surface area (Å²) in [5, 5.41) is 11.1. The summed E-state index contributed by atoms with van der Waals surface area (Å²) in [6.07, 6.45) is 0. The van der Waals surface area contributed by atoms with Crippen molar-refractivity contribution in [3.05, 3.63) is 69.8 Å². The molecule has 0 aromatic heterocycles. The number of carbonyl (C=O) groups is 1. The van der Waals surface area contributed by atoms with Gasteiger partial charge in [-0.15, -0.1) is 0 Å². The molecule has 0 fully saturated rings. The van der Waals surface area contributed by atoms with Crippen molar-refractivity contribution in [1.29, 1.82) is 0 Å². The fourth-order valence-electron chi connectivity index (χ4n) is 2.30. The fourth-order valence-corrected chi connectivity index (χ4v) is 2.30. The standard InChI is InChI=1S/C18H20N2O4/c1-3-19(12-15-7-5-4-6-8-15)18(21)13-24-17-10-9-14(2)11-16(17)20(22)23/h4-11H,3,12-13H2,1-2H3. The topological polar surface area (TPSA) is 72.7 Å². The van der Waals surface area contributed by atoms with Crippen LogP contribution in [0.25, 0.3) is 0 Å². The minimum Gasteiger partial charge on any atom is -0.477 e. The van der Waals surface area contributed by atoms with Gasteiger partial charge >= 0.3 is 5.69 Å². The van der Waals surface area contributed by atoms with Gasteiger partial charge in [-0.2, -0.15) is 0 Å². The van der Waals surface area contributed by atoms with Crippen LogP contribution in [0.3, 0.4) is 0 Å². The third-order valence-electron chi connectivity index (χ3n) is 3.61. The van der Waals surface area contributed by atoms with Gasteiger partial charge in [-0.05, 0) is 31.0 Å². The van der Waals surface area contributed by atoms with Gasteiger partial charge in [0.25, 0.3) is 5.91 Å². The number of hydrogen-bond donors (Lipinski definition) is 0. The highest BCUT2D eigenvalue weighted by molar-refractivity contribution is 5.78. The van der Waals surface area contributed by atoms with Crippen LogP contribution in [-0.4, -0.2) is 28.9 Å². The molecule has 6 nitrogen and oxygen atoms in total. The highest BCUT2D eigenvalue weighted by Gasteiger charge is 2.18. The van der Waals surface area contributed by atoms with Crippen LogP contribution < -0.4 is 4.74 Å². The number of nitro groups is 1. The van der Waals surface area contributed by atoms with E-state index >= 15 is 0 Å². The molecular weight excluding hydrogens is 308 g/mol. The summed E-state index contributed by atoms with van der Waals surface area (Å²) >= 11 is 0. The Morgan fingerprint density at radius 2 is 1.92 bits per heavy atom. The van der Waals surface area contributed by atoms with Gasteiger partial charge in [-0.25, -0.2) is 0 Å². The van der Waals surface area contributed by atoms with Gasteiger partial charge < -0.3 is 9.64 Å². The Morgan fingerprint density at radius 1 is 1.21 bits per heavy atom. The Balaban J connectivity index is 2.02. The molecule has 1 amide bonds. The minimum absolute atomic E-state index is 0.106. The van der Waals surface area contributed by atoms with Crippen molar-refractivity contribution in [3.8, 4) is 5.75 Å². The smallest absolute Gasteiger partial charge is 0.311 e. The van der Waals surface area contributed by atoms with E-state index in [1.165, 1.54) is 12.1 Å². The molecule has 2 aromatic rings. The number of hydrogen-bond acceptors (Lipinski definition) is 4. The molecule has 0 aliphatic carbocycles. The van der Waals surface area contributed by atoms with Gasteiger partial charge in [0.2, 0.25) is 0 Å². The van der Waals surface area contributed by atoms with E-state index < -0.39 is 4.92 Å². The second-order valence-corrected chi connectivity index (χ2v) is 5.41. The van der Waals surface area contributed by atoms with E-state index in [4.69, 9.17) is 4.74 Å². The SMILES string of the molecule is CCN(Cc1ccccc1)C(=O)COc1ccc(C)cc1[N+](=O)[O-]. The number of amides is 1. The highest BCUT2D eigenvalue weighted by Crippen LogP contribution is 2.27. The summed E-state index contributed by atoms with van der Waals surface area (Å²) in [4.78, 5) is 24.6. The Labute approximate surface area is 140 Å². The third kappa shape index (κ3) is 4.55. The van der Waals surface area contributed by atoms with Crippen molar-refractivity contribution in [3.63, 3.8) is 0 Å². The second-order valence-electron chi connectivity index (χ2n) is 5.41. The Bertz CT molecular complexity index is 716. The zero-order valence-electron chi connectivity index (χ0n) is 13.8. The van der Waals surface area contributed by atoms with Crippen molar-refractivity contribution in [2.24, 2.45) is 0 Å². The van der Waals surface area contributed by atoms with E-state index in [1.807, 2.05) is 37.3 Å². The minimum atomic E-state index is -0.506. The van der Waals surface area contributed by atoms with Crippen molar-refractivity contribution >= 4 is 11.6 Å². The first-order chi connectivity index (χ1) is 11.5. The summed E-state index contributed by atoms with van der Waals surface area (Å²) in [6, 6.07) is 14.3. The van der Waals surface area contributed by atoms with E-state index in [9.17, 15) is 14.9 Å². The number of benzene rings is 2. The molecule has 0 aliphatic rings. The van der Waals surface area contributed by atoms with Crippen molar-refractivity contribution < 1.29 is 14.5 Å². The maximum Gasteiger partial charge on any atom is 0.311 e. The number of aryl methyl sites for hydroxylation is 1. The summed E-state index contributed by atoms with van der Waals surface area (Å²) in [5.74, 6) is -0.106. The van der Waals surface area contributed by atoms with Crippen LogP contribution in [0, 0.1) is 17.0 Å². The van der Waals surface area contributed by atoms with E-state index in [1.54, 1.807) is 17.9 Å². The third-order valence-corrected chi connectivity index (χ3v) is 3.61. The monoisotopic (exact) mass is 328 g/mol. The lowest BCUT2D eigenvalue weighted by atomic mass is 10.2. The lowest BCUT2D eigenvalue weighted by molar-refractivity contribution is -0.385. The number of likely N-dealkylation sites (N-methyl/N-ethyl adjacent to an activating group) is 1. The van der Waals surface area contributed by atoms with Crippen LogP contribution in [0.5, 0.6) is 5.75 Å². The number of nitro benzene ring substituents is 1. The summed E-state index contributed by atoms with van der Waals surface area (Å²) in [6.45, 7) is 4.43. The van der Waals surface area contributed by atoms with Gasteiger partial charge in [-0.1, -0.05) is 36.4 Å². The number of carbonyl (C=O) groups excluding carboxylic acids is 1. The Kier molecular flexibility index (Phi) is 5.89. The number of ether oxygens (including phenoxy) is 1. The van der Waals surface area contributed by atoms with E-state index in [0.29, 0.717) is 13.1 Å². The average molecular weight is 328 g/mol. The Morgan fingerprint density at radius 3 is 2.54 bits per heavy atom. The predicted molar refractivity (Wildman–Crippen MR) is 90.9 cm³/mol. The molecule has 0 N–H and O–H groups in total. The molecule has 0 aliphatic heterocycles. The van der Waals surface area contributed by atoms with Gasteiger partial charge in [-0.3, -0.25) is 14.9 Å². The molecule has 0 saturated carbocycles. The molecule has 0 spiro atoms. The molecule has 0 saturated heterocycles. The molecule has 24 heavy (non-hydrogen) atoms. The van der Waals surface area contributed by atoms with Crippen LogP contribution in [0.15, 0.2) is 48.5 Å². The zero-order valence-corrected chi connectivity index (χ0v) is 13.8. The average Bonchev–Trinajstić information content (AvgIpc) is 2.59. The largest absolute Gasteiger partial charge is 0.477 e. The summed E-state index contributed by atoms with van der Waals surface area (Å²) in [7, 11) is 0. The Hall–Kier alpha value is -2.89.